The van der Waals surface area contributed by atoms with Crippen molar-refractivity contribution in [3.05, 3.63) is 53.1 Å². The first-order valence-corrected chi connectivity index (χ1v) is 6.27. The fourth-order valence-electron chi connectivity index (χ4n) is 2.02. The Morgan fingerprint density at radius 3 is 2.53 bits per heavy atom. The molecule has 0 saturated carbocycles. The number of phenolic OH excluding ortho intramolecular Hbond substituents is 1. The highest BCUT2D eigenvalue weighted by Crippen LogP contribution is 2.25. The molecule has 0 atom stereocenters. The average molecular weight is 257 g/mol. The normalized spacial score (nSPS) is 10.3. The second-order valence-corrected chi connectivity index (χ2v) is 4.67. The Kier molecular flexibility index (Phi) is 3.95. The Morgan fingerprint density at radius 1 is 1.11 bits per heavy atom. The molecule has 0 aliphatic rings. The van der Waals surface area contributed by atoms with Crippen LogP contribution in [0.3, 0.4) is 0 Å². The van der Waals surface area contributed by atoms with Crippen LogP contribution < -0.4 is 10.1 Å². The smallest absolute Gasteiger partial charge is 0.124 e. The van der Waals surface area contributed by atoms with Gasteiger partial charge in [-0.25, -0.2) is 0 Å². The van der Waals surface area contributed by atoms with Gasteiger partial charge >= 0.3 is 0 Å². The van der Waals surface area contributed by atoms with Crippen molar-refractivity contribution >= 4 is 5.69 Å². The largest absolute Gasteiger partial charge is 0.507 e. The Bertz CT molecular complexity index is 579. The fraction of sp³-hybridized carbons (Fsp3) is 0.250. The SMILES string of the molecule is COc1ccc(CNc2ccc(C)cc2C)c(O)c1. The molecule has 0 aliphatic heterocycles. The zero-order chi connectivity index (χ0) is 13.8. The molecule has 2 rings (SSSR count). The van der Waals surface area contributed by atoms with Gasteiger partial charge in [0, 0.05) is 23.9 Å². The van der Waals surface area contributed by atoms with E-state index in [1.165, 1.54) is 11.1 Å². The molecule has 2 aromatic rings. The van der Waals surface area contributed by atoms with E-state index < -0.39 is 0 Å². The predicted octanol–water partition coefficient (Wildman–Crippen LogP) is 3.63. The number of ether oxygens (including phenoxy) is 1. The van der Waals surface area contributed by atoms with E-state index in [0.29, 0.717) is 12.3 Å². The molecule has 0 radical (unpaired) electrons. The minimum absolute atomic E-state index is 0.247. The van der Waals surface area contributed by atoms with E-state index in [4.69, 9.17) is 4.74 Å². The fourth-order valence-corrected chi connectivity index (χ4v) is 2.02. The number of hydrogen-bond donors (Lipinski definition) is 2. The average Bonchev–Trinajstić information content (AvgIpc) is 2.39. The third-order valence-corrected chi connectivity index (χ3v) is 3.14. The summed E-state index contributed by atoms with van der Waals surface area (Å²) in [6.45, 7) is 4.73. The molecule has 2 aromatic carbocycles. The molecule has 0 fully saturated rings. The summed E-state index contributed by atoms with van der Waals surface area (Å²) in [5, 5.41) is 13.2. The van der Waals surface area contributed by atoms with Crippen molar-refractivity contribution in [1.82, 2.24) is 0 Å². The van der Waals surface area contributed by atoms with Gasteiger partial charge in [0.05, 0.1) is 7.11 Å². The maximum atomic E-state index is 9.89. The number of anilines is 1. The molecule has 19 heavy (non-hydrogen) atoms. The van der Waals surface area contributed by atoms with Crippen molar-refractivity contribution < 1.29 is 9.84 Å². The maximum Gasteiger partial charge on any atom is 0.124 e. The number of benzene rings is 2. The van der Waals surface area contributed by atoms with E-state index in [1.807, 2.05) is 12.1 Å². The number of nitrogens with one attached hydrogen (secondary N) is 1. The number of aryl methyl sites for hydroxylation is 2. The van der Waals surface area contributed by atoms with Crippen LogP contribution in [0.1, 0.15) is 16.7 Å². The molecule has 0 unspecified atom stereocenters. The van der Waals surface area contributed by atoms with Gasteiger partial charge in [-0.3, -0.25) is 0 Å². The summed E-state index contributed by atoms with van der Waals surface area (Å²) in [7, 11) is 1.59. The van der Waals surface area contributed by atoms with Gasteiger partial charge in [-0.15, -0.1) is 0 Å². The van der Waals surface area contributed by atoms with E-state index in [0.717, 1.165) is 11.3 Å². The van der Waals surface area contributed by atoms with Crippen LogP contribution in [0.25, 0.3) is 0 Å². The second-order valence-electron chi connectivity index (χ2n) is 4.67. The summed E-state index contributed by atoms with van der Waals surface area (Å²) in [5.41, 5.74) is 4.38. The number of methoxy groups -OCH3 is 1. The van der Waals surface area contributed by atoms with Crippen molar-refractivity contribution in [3.63, 3.8) is 0 Å². The first-order chi connectivity index (χ1) is 9.10. The first kappa shape index (κ1) is 13.3. The van der Waals surface area contributed by atoms with Crippen LogP contribution in [0.2, 0.25) is 0 Å². The zero-order valence-electron chi connectivity index (χ0n) is 11.5. The first-order valence-electron chi connectivity index (χ1n) is 6.27. The summed E-state index contributed by atoms with van der Waals surface area (Å²) < 4.78 is 5.06. The minimum atomic E-state index is 0.247. The zero-order valence-corrected chi connectivity index (χ0v) is 11.5. The van der Waals surface area contributed by atoms with Crippen LogP contribution in [0.4, 0.5) is 5.69 Å². The van der Waals surface area contributed by atoms with Gasteiger partial charge in [-0.1, -0.05) is 17.7 Å². The second kappa shape index (κ2) is 5.65. The molecule has 0 amide bonds. The maximum absolute atomic E-state index is 9.89. The van der Waals surface area contributed by atoms with Gasteiger partial charge in [0.15, 0.2) is 0 Å². The Labute approximate surface area is 113 Å². The lowest BCUT2D eigenvalue weighted by Crippen LogP contribution is -2.01. The lowest BCUT2D eigenvalue weighted by Gasteiger charge is -2.12. The highest BCUT2D eigenvalue weighted by Gasteiger charge is 2.04. The molecule has 0 heterocycles. The molecule has 0 spiro atoms. The van der Waals surface area contributed by atoms with Gasteiger partial charge in [0.1, 0.15) is 11.5 Å². The van der Waals surface area contributed by atoms with E-state index in [1.54, 1.807) is 13.2 Å². The van der Waals surface area contributed by atoms with Crippen LogP contribution >= 0.6 is 0 Å². The van der Waals surface area contributed by atoms with Crippen molar-refractivity contribution in [2.45, 2.75) is 20.4 Å². The highest BCUT2D eigenvalue weighted by molar-refractivity contribution is 5.53. The van der Waals surface area contributed by atoms with E-state index in [-0.39, 0.29) is 5.75 Å². The molecule has 0 aliphatic carbocycles. The number of phenols is 1. The summed E-state index contributed by atoms with van der Waals surface area (Å²) in [4.78, 5) is 0. The molecule has 3 heteroatoms. The van der Waals surface area contributed by atoms with E-state index in [2.05, 4.69) is 37.4 Å². The summed E-state index contributed by atoms with van der Waals surface area (Å²) >= 11 is 0. The summed E-state index contributed by atoms with van der Waals surface area (Å²) in [6.07, 6.45) is 0. The molecule has 0 aromatic heterocycles. The Morgan fingerprint density at radius 2 is 1.89 bits per heavy atom. The molecule has 100 valence electrons. The van der Waals surface area contributed by atoms with Gasteiger partial charge in [0.25, 0.3) is 0 Å². The van der Waals surface area contributed by atoms with Crippen molar-refractivity contribution in [2.75, 3.05) is 12.4 Å². The van der Waals surface area contributed by atoms with Gasteiger partial charge < -0.3 is 15.2 Å². The Balaban J connectivity index is 2.10. The highest BCUT2D eigenvalue weighted by atomic mass is 16.5. The summed E-state index contributed by atoms with van der Waals surface area (Å²) in [5.74, 6) is 0.907. The van der Waals surface area contributed by atoms with Gasteiger partial charge in [-0.05, 0) is 37.6 Å². The number of aromatic hydroxyl groups is 1. The van der Waals surface area contributed by atoms with Crippen LogP contribution in [0.5, 0.6) is 11.5 Å². The molecular weight excluding hydrogens is 238 g/mol. The standard InChI is InChI=1S/C16H19NO2/c1-11-4-7-15(12(2)8-11)17-10-13-5-6-14(19-3)9-16(13)18/h4-9,17-18H,10H2,1-3H3. The van der Waals surface area contributed by atoms with E-state index >= 15 is 0 Å². The van der Waals surface area contributed by atoms with Crippen LogP contribution in [0.15, 0.2) is 36.4 Å². The molecule has 0 bridgehead atoms. The van der Waals surface area contributed by atoms with Crippen molar-refractivity contribution in [2.24, 2.45) is 0 Å². The predicted molar refractivity (Wildman–Crippen MR) is 77.9 cm³/mol. The third kappa shape index (κ3) is 3.19. The van der Waals surface area contributed by atoms with Crippen molar-refractivity contribution in [3.8, 4) is 11.5 Å². The van der Waals surface area contributed by atoms with E-state index in [9.17, 15) is 5.11 Å². The van der Waals surface area contributed by atoms with Crippen molar-refractivity contribution in [1.29, 1.82) is 0 Å². The quantitative estimate of drug-likeness (QED) is 0.878. The molecule has 0 saturated heterocycles. The van der Waals surface area contributed by atoms with Crippen LogP contribution in [-0.4, -0.2) is 12.2 Å². The number of hydrogen-bond acceptors (Lipinski definition) is 3. The third-order valence-electron chi connectivity index (χ3n) is 3.14. The lowest BCUT2D eigenvalue weighted by molar-refractivity contribution is 0.406. The lowest BCUT2D eigenvalue weighted by atomic mass is 10.1. The van der Waals surface area contributed by atoms with Crippen LogP contribution in [0, 0.1) is 13.8 Å². The Hall–Kier alpha value is -2.16. The summed E-state index contributed by atoms with van der Waals surface area (Å²) in [6, 6.07) is 11.6. The number of rotatable bonds is 4. The monoisotopic (exact) mass is 257 g/mol. The minimum Gasteiger partial charge on any atom is -0.507 e. The molecular formula is C16H19NO2. The molecule has 2 N–H and O–H groups in total. The van der Waals surface area contributed by atoms with Gasteiger partial charge in [-0.2, -0.15) is 0 Å². The molecule has 3 nitrogen and oxygen atoms in total. The topological polar surface area (TPSA) is 41.5 Å². The van der Waals surface area contributed by atoms with Gasteiger partial charge in [0.2, 0.25) is 0 Å². The van der Waals surface area contributed by atoms with Crippen LogP contribution in [-0.2, 0) is 6.54 Å².